The molecule has 0 radical (unpaired) electrons. The molecule has 3 heterocycles. The van der Waals surface area contributed by atoms with Gasteiger partial charge < -0.3 is 14.9 Å². The Labute approximate surface area is 164 Å². The molecule has 4 amide bonds. The molecule has 29 heavy (non-hydrogen) atoms. The highest BCUT2D eigenvalue weighted by molar-refractivity contribution is 6.06. The van der Waals surface area contributed by atoms with Crippen LogP contribution < -0.4 is 10.6 Å². The van der Waals surface area contributed by atoms with Crippen molar-refractivity contribution in [1.82, 2.24) is 20.7 Å². The van der Waals surface area contributed by atoms with Gasteiger partial charge in [-0.25, -0.2) is 0 Å². The summed E-state index contributed by atoms with van der Waals surface area (Å²) in [5, 5.41) is 19.2. The van der Waals surface area contributed by atoms with Gasteiger partial charge in [0.05, 0.1) is 5.56 Å². The predicted molar refractivity (Wildman–Crippen MR) is 96.2 cm³/mol. The minimum Gasteiger partial charge on any atom is -0.369 e. The molecular weight excluding hydrogens is 380 g/mol. The second-order valence-corrected chi connectivity index (χ2v) is 6.94. The molecule has 1 saturated heterocycles. The van der Waals surface area contributed by atoms with Crippen molar-refractivity contribution in [1.29, 1.82) is 0 Å². The van der Waals surface area contributed by atoms with Gasteiger partial charge in [-0.15, -0.1) is 0 Å². The van der Waals surface area contributed by atoms with Crippen molar-refractivity contribution in [3.8, 4) is 0 Å². The summed E-state index contributed by atoms with van der Waals surface area (Å²) in [7, 11) is 0. The van der Waals surface area contributed by atoms with Crippen molar-refractivity contribution >= 4 is 23.6 Å². The van der Waals surface area contributed by atoms with E-state index in [9.17, 15) is 24.3 Å². The Morgan fingerprint density at radius 1 is 1.38 bits per heavy atom. The quantitative estimate of drug-likeness (QED) is 0.623. The van der Waals surface area contributed by atoms with E-state index in [0.717, 1.165) is 4.90 Å². The fourth-order valence-corrected chi connectivity index (χ4v) is 3.63. The maximum atomic E-state index is 13.0. The number of carbonyl (C=O) groups excluding carboxylic acids is 4. The van der Waals surface area contributed by atoms with E-state index >= 15 is 0 Å². The third-order valence-electron chi connectivity index (χ3n) is 5.02. The number of hydrogen-bond acceptors (Lipinski definition) is 7. The number of aliphatic hydroxyl groups is 1. The van der Waals surface area contributed by atoms with Crippen LogP contribution in [0.25, 0.3) is 0 Å². The average Bonchev–Trinajstić information content (AvgIpc) is 3.23. The van der Waals surface area contributed by atoms with Crippen LogP contribution >= 0.6 is 0 Å². The highest BCUT2D eigenvalue weighted by Gasteiger charge is 2.45. The molecular formula is C19H18N4O6. The standard InChI is InChI=1S/C19H18N4O6/c1-9-7-12(22-29-9)16(25)20-8-10-3-2-4-11-15(10)19(28)23(18(11)27)13-5-6-14(24)21-17(13)26/h2-4,7,13,18,27H,5-6,8H2,1H3,(H,20,25)(H,21,24,26). The summed E-state index contributed by atoms with van der Waals surface area (Å²) < 4.78 is 4.88. The molecule has 2 atom stereocenters. The van der Waals surface area contributed by atoms with Gasteiger partial charge in [0.2, 0.25) is 11.8 Å². The van der Waals surface area contributed by atoms with Crippen molar-refractivity contribution in [2.24, 2.45) is 0 Å². The Kier molecular flexibility index (Phi) is 4.63. The highest BCUT2D eigenvalue weighted by atomic mass is 16.5. The molecule has 0 saturated carbocycles. The van der Waals surface area contributed by atoms with E-state index in [1.807, 2.05) is 0 Å². The first-order valence-corrected chi connectivity index (χ1v) is 9.04. The first-order valence-electron chi connectivity index (χ1n) is 9.04. The molecule has 0 aliphatic carbocycles. The molecule has 3 N–H and O–H groups in total. The first-order chi connectivity index (χ1) is 13.9. The van der Waals surface area contributed by atoms with Crippen LogP contribution in [-0.4, -0.2) is 44.8 Å². The smallest absolute Gasteiger partial charge is 0.273 e. The molecule has 2 aromatic rings. The molecule has 2 aliphatic heterocycles. The molecule has 1 aromatic carbocycles. The van der Waals surface area contributed by atoms with Gasteiger partial charge in [0, 0.05) is 24.6 Å². The largest absolute Gasteiger partial charge is 0.369 e. The summed E-state index contributed by atoms with van der Waals surface area (Å²) in [6, 6.07) is 5.46. The van der Waals surface area contributed by atoms with Crippen LogP contribution in [0, 0.1) is 6.92 Å². The number of aliphatic hydroxyl groups excluding tert-OH is 1. The molecule has 10 heteroatoms. The van der Waals surface area contributed by atoms with Gasteiger partial charge in [-0.05, 0) is 18.9 Å². The Morgan fingerprint density at radius 3 is 2.86 bits per heavy atom. The number of benzene rings is 1. The van der Waals surface area contributed by atoms with E-state index in [1.54, 1.807) is 25.1 Å². The van der Waals surface area contributed by atoms with E-state index in [2.05, 4.69) is 15.8 Å². The van der Waals surface area contributed by atoms with E-state index < -0.39 is 35.9 Å². The van der Waals surface area contributed by atoms with Crippen LogP contribution in [0.15, 0.2) is 28.8 Å². The van der Waals surface area contributed by atoms with E-state index in [1.165, 1.54) is 6.07 Å². The minimum atomic E-state index is -1.31. The van der Waals surface area contributed by atoms with E-state index in [0.29, 0.717) is 16.9 Å². The molecule has 10 nitrogen and oxygen atoms in total. The number of aromatic nitrogens is 1. The average molecular weight is 398 g/mol. The maximum absolute atomic E-state index is 13.0. The summed E-state index contributed by atoms with van der Waals surface area (Å²) in [4.78, 5) is 49.9. The van der Waals surface area contributed by atoms with Crippen LogP contribution in [-0.2, 0) is 16.1 Å². The zero-order valence-electron chi connectivity index (χ0n) is 15.5. The number of rotatable bonds is 4. The number of amides is 4. The minimum absolute atomic E-state index is 0.0234. The van der Waals surface area contributed by atoms with Crippen molar-refractivity contribution in [2.45, 2.75) is 38.6 Å². The Balaban J connectivity index is 1.56. The number of nitrogens with zero attached hydrogens (tertiary/aromatic N) is 2. The second-order valence-electron chi connectivity index (χ2n) is 6.94. The number of carbonyl (C=O) groups is 4. The number of aryl methyl sites for hydroxylation is 1. The summed E-state index contributed by atoms with van der Waals surface area (Å²) in [5.41, 5.74) is 1.20. The van der Waals surface area contributed by atoms with Crippen molar-refractivity contribution in [2.75, 3.05) is 0 Å². The fraction of sp³-hybridized carbons (Fsp3) is 0.316. The molecule has 2 unspecified atom stereocenters. The molecule has 1 aromatic heterocycles. The van der Waals surface area contributed by atoms with Gasteiger partial charge >= 0.3 is 0 Å². The predicted octanol–water partition coefficient (Wildman–Crippen LogP) is 0.165. The number of nitrogens with one attached hydrogen (secondary N) is 2. The SMILES string of the molecule is Cc1cc(C(=O)NCc2cccc3c2C(=O)N(C2CCC(=O)NC2=O)C3O)no1. The second kappa shape index (κ2) is 7.13. The van der Waals surface area contributed by atoms with Crippen LogP contribution in [0.2, 0.25) is 0 Å². The first kappa shape index (κ1) is 18.8. The number of imide groups is 1. The van der Waals surface area contributed by atoms with E-state index in [4.69, 9.17) is 4.52 Å². The topological polar surface area (TPSA) is 142 Å². The van der Waals surface area contributed by atoms with Crippen molar-refractivity contribution < 1.29 is 28.8 Å². The van der Waals surface area contributed by atoms with Gasteiger partial charge in [-0.3, -0.25) is 29.4 Å². The van der Waals surface area contributed by atoms with Gasteiger partial charge in [0.25, 0.3) is 11.8 Å². The monoisotopic (exact) mass is 398 g/mol. The third-order valence-corrected chi connectivity index (χ3v) is 5.02. The maximum Gasteiger partial charge on any atom is 0.273 e. The molecule has 2 aliphatic rings. The molecule has 0 bridgehead atoms. The van der Waals surface area contributed by atoms with Gasteiger partial charge in [-0.2, -0.15) is 0 Å². The van der Waals surface area contributed by atoms with Gasteiger partial charge in [0.1, 0.15) is 11.8 Å². The number of fused-ring (bicyclic) bond motifs is 1. The van der Waals surface area contributed by atoms with Crippen LogP contribution in [0.3, 0.4) is 0 Å². The molecule has 4 rings (SSSR count). The highest BCUT2D eigenvalue weighted by Crippen LogP contribution is 2.36. The van der Waals surface area contributed by atoms with Crippen molar-refractivity contribution in [3.05, 3.63) is 52.4 Å². The lowest BCUT2D eigenvalue weighted by atomic mass is 10.0. The molecule has 150 valence electrons. The zero-order valence-corrected chi connectivity index (χ0v) is 15.5. The van der Waals surface area contributed by atoms with Crippen molar-refractivity contribution in [3.63, 3.8) is 0 Å². The molecule has 1 fully saturated rings. The number of piperidine rings is 1. The Bertz CT molecular complexity index is 1030. The van der Waals surface area contributed by atoms with Crippen LogP contribution in [0.4, 0.5) is 0 Å². The zero-order chi connectivity index (χ0) is 20.7. The number of hydrogen-bond donors (Lipinski definition) is 3. The fourth-order valence-electron chi connectivity index (χ4n) is 3.63. The lowest BCUT2D eigenvalue weighted by Gasteiger charge is -2.31. The van der Waals surface area contributed by atoms with Crippen LogP contribution in [0.1, 0.15) is 56.8 Å². The van der Waals surface area contributed by atoms with Crippen LogP contribution in [0.5, 0.6) is 0 Å². The normalized spacial score (nSPS) is 21.2. The Hall–Kier alpha value is -3.53. The summed E-state index contributed by atoms with van der Waals surface area (Å²) in [6.07, 6.45) is -1.09. The molecule has 0 spiro atoms. The van der Waals surface area contributed by atoms with Gasteiger partial charge in [0.15, 0.2) is 11.9 Å². The van der Waals surface area contributed by atoms with E-state index in [-0.39, 0.29) is 30.6 Å². The Morgan fingerprint density at radius 2 is 2.17 bits per heavy atom. The summed E-state index contributed by atoms with van der Waals surface area (Å²) >= 11 is 0. The lowest BCUT2D eigenvalue weighted by molar-refractivity contribution is -0.139. The third kappa shape index (κ3) is 3.27. The lowest BCUT2D eigenvalue weighted by Crippen LogP contribution is -2.53. The summed E-state index contributed by atoms with van der Waals surface area (Å²) in [6.45, 7) is 1.69. The van der Waals surface area contributed by atoms with Gasteiger partial charge in [-0.1, -0.05) is 23.4 Å². The summed E-state index contributed by atoms with van der Waals surface area (Å²) in [5.74, 6) is -1.51.